The molecule has 0 heterocycles. The molecule has 0 saturated heterocycles. The summed E-state index contributed by atoms with van der Waals surface area (Å²) >= 11 is 3.34. The molecule has 6 nitrogen and oxygen atoms in total. The highest BCUT2D eigenvalue weighted by atomic mass is 79.9. The first-order valence-electron chi connectivity index (χ1n) is 7.91. The molecule has 0 fully saturated rings. The highest BCUT2D eigenvalue weighted by molar-refractivity contribution is 9.10. The zero-order valence-corrected chi connectivity index (χ0v) is 15.5. The lowest BCUT2D eigenvalue weighted by molar-refractivity contribution is -0.117. The Balaban J connectivity index is 2.23. The number of halogens is 1. The summed E-state index contributed by atoms with van der Waals surface area (Å²) in [6.45, 7) is -0.231. The predicted molar refractivity (Wildman–Crippen MR) is 102 cm³/mol. The molecule has 26 heavy (non-hydrogen) atoms. The summed E-state index contributed by atoms with van der Waals surface area (Å²) in [7, 11) is 0. The molecule has 0 bridgehead atoms. The zero-order valence-electron chi connectivity index (χ0n) is 13.9. The number of rotatable bonds is 7. The van der Waals surface area contributed by atoms with Crippen molar-refractivity contribution in [2.24, 2.45) is 0 Å². The maximum absolute atomic E-state index is 12.4. The molecule has 0 aliphatic carbocycles. The van der Waals surface area contributed by atoms with Gasteiger partial charge < -0.3 is 20.8 Å². The van der Waals surface area contributed by atoms with Gasteiger partial charge in [0.05, 0.1) is 13.2 Å². The van der Waals surface area contributed by atoms with Crippen molar-refractivity contribution in [1.82, 2.24) is 10.6 Å². The van der Waals surface area contributed by atoms with Gasteiger partial charge in [0, 0.05) is 16.6 Å². The first-order chi connectivity index (χ1) is 12.5. The molecule has 2 amide bonds. The van der Waals surface area contributed by atoms with E-state index in [1.807, 2.05) is 12.1 Å². The number of hydrogen-bond acceptors (Lipinski definition) is 4. The van der Waals surface area contributed by atoms with Crippen LogP contribution in [0, 0.1) is 0 Å². The van der Waals surface area contributed by atoms with Crippen LogP contribution in [0.2, 0.25) is 0 Å². The average molecular weight is 419 g/mol. The van der Waals surface area contributed by atoms with Gasteiger partial charge in [-0.3, -0.25) is 9.59 Å². The predicted octanol–water partition coefficient (Wildman–Crippen LogP) is 1.82. The minimum atomic E-state index is -0.498. The molecule has 0 aliphatic rings. The third-order valence-corrected chi connectivity index (χ3v) is 4.00. The number of benzene rings is 2. The second kappa shape index (κ2) is 9.86. The van der Waals surface area contributed by atoms with Crippen LogP contribution < -0.4 is 10.6 Å². The van der Waals surface area contributed by atoms with Crippen LogP contribution in [0.4, 0.5) is 0 Å². The van der Waals surface area contributed by atoms with E-state index in [0.29, 0.717) is 11.1 Å². The van der Waals surface area contributed by atoms with E-state index in [4.69, 9.17) is 10.2 Å². The van der Waals surface area contributed by atoms with Gasteiger partial charge >= 0.3 is 0 Å². The van der Waals surface area contributed by atoms with Crippen LogP contribution in [-0.2, 0) is 11.4 Å². The fourth-order valence-corrected chi connectivity index (χ4v) is 2.37. The van der Waals surface area contributed by atoms with Crippen LogP contribution in [0.25, 0.3) is 6.08 Å². The fraction of sp³-hybridized carbons (Fsp3) is 0.158. The molecule has 7 heteroatoms. The normalized spacial score (nSPS) is 11.1. The molecule has 4 N–H and O–H groups in total. The lowest BCUT2D eigenvalue weighted by Gasteiger charge is -2.11. The molecule has 2 aromatic rings. The molecule has 0 unspecified atom stereocenters. The first kappa shape index (κ1) is 19.8. The minimum absolute atomic E-state index is 0.0667. The highest BCUT2D eigenvalue weighted by Gasteiger charge is 2.14. The molecule has 0 aromatic heterocycles. The highest BCUT2D eigenvalue weighted by Crippen LogP contribution is 2.13. The molecule has 2 aromatic carbocycles. The zero-order chi connectivity index (χ0) is 18.9. The maximum atomic E-state index is 12.4. The summed E-state index contributed by atoms with van der Waals surface area (Å²) in [5, 5.41) is 23.1. The molecular weight excluding hydrogens is 400 g/mol. The van der Waals surface area contributed by atoms with Gasteiger partial charge in [-0.25, -0.2) is 0 Å². The van der Waals surface area contributed by atoms with E-state index in [2.05, 4.69) is 26.6 Å². The quantitative estimate of drug-likeness (QED) is 0.515. The van der Waals surface area contributed by atoms with Crippen molar-refractivity contribution in [3.05, 3.63) is 75.4 Å². The number of aliphatic hydroxyl groups is 2. The minimum Gasteiger partial charge on any atom is -0.395 e. The van der Waals surface area contributed by atoms with Gasteiger partial charge in [-0.2, -0.15) is 0 Å². The standard InChI is InChI=1S/C19H19BrN2O4/c20-16-7-3-13(4-8-16)11-17(19(26)21-9-10-23)22-18(25)15-5-1-14(12-24)2-6-15/h1-8,11,23-24H,9-10,12H2,(H,21,26)(H,22,25). The smallest absolute Gasteiger partial charge is 0.267 e. The molecule has 0 atom stereocenters. The summed E-state index contributed by atoms with van der Waals surface area (Å²) in [6.07, 6.45) is 1.55. The summed E-state index contributed by atoms with van der Waals surface area (Å²) in [5.41, 5.74) is 1.85. The Bertz CT molecular complexity index is 786. The van der Waals surface area contributed by atoms with Gasteiger partial charge in [0.2, 0.25) is 0 Å². The van der Waals surface area contributed by atoms with Gasteiger partial charge in [-0.05, 0) is 41.5 Å². The molecule has 136 valence electrons. The summed E-state index contributed by atoms with van der Waals surface area (Å²) < 4.78 is 0.897. The summed E-state index contributed by atoms with van der Waals surface area (Å²) in [4.78, 5) is 24.7. The third kappa shape index (κ3) is 5.80. The monoisotopic (exact) mass is 418 g/mol. The van der Waals surface area contributed by atoms with E-state index >= 15 is 0 Å². The Hall–Kier alpha value is -2.48. The van der Waals surface area contributed by atoms with Crippen molar-refractivity contribution in [1.29, 1.82) is 0 Å². The maximum Gasteiger partial charge on any atom is 0.267 e. The van der Waals surface area contributed by atoms with Crippen LogP contribution in [0.5, 0.6) is 0 Å². The number of nitrogens with one attached hydrogen (secondary N) is 2. The van der Waals surface area contributed by atoms with E-state index in [1.165, 1.54) is 0 Å². The number of carbonyl (C=O) groups is 2. The number of amides is 2. The van der Waals surface area contributed by atoms with Gasteiger partial charge in [0.15, 0.2) is 0 Å². The summed E-state index contributed by atoms with van der Waals surface area (Å²) in [6, 6.07) is 13.7. The number of hydrogen-bond donors (Lipinski definition) is 4. The van der Waals surface area contributed by atoms with Gasteiger partial charge in [-0.15, -0.1) is 0 Å². The number of aliphatic hydroxyl groups excluding tert-OH is 2. The van der Waals surface area contributed by atoms with Crippen LogP contribution >= 0.6 is 15.9 Å². The van der Waals surface area contributed by atoms with Crippen molar-refractivity contribution < 1.29 is 19.8 Å². The molecule has 2 rings (SSSR count). The van der Waals surface area contributed by atoms with Crippen LogP contribution in [-0.4, -0.2) is 35.2 Å². The van der Waals surface area contributed by atoms with Crippen LogP contribution in [0.1, 0.15) is 21.5 Å². The Kier molecular flexibility index (Phi) is 7.53. The van der Waals surface area contributed by atoms with Crippen molar-refractivity contribution in [2.45, 2.75) is 6.61 Å². The topological polar surface area (TPSA) is 98.7 Å². The third-order valence-electron chi connectivity index (χ3n) is 3.47. The van der Waals surface area contributed by atoms with E-state index in [0.717, 1.165) is 10.0 Å². The molecular formula is C19H19BrN2O4. The van der Waals surface area contributed by atoms with Gasteiger partial charge in [0.1, 0.15) is 5.70 Å². The van der Waals surface area contributed by atoms with Gasteiger partial charge in [-0.1, -0.05) is 40.2 Å². The Morgan fingerprint density at radius 3 is 2.23 bits per heavy atom. The van der Waals surface area contributed by atoms with Crippen LogP contribution in [0.3, 0.4) is 0 Å². The lowest BCUT2D eigenvalue weighted by atomic mass is 10.1. The van der Waals surface area contributed by atoms with Crippen LogP contribution in [0.15, 0.2) is 58.7 Å². The van der Waals surface area contributed by atoms with Crippen molar-refractivity contribution in [2.75, 3.05) is 13.2 Å². The Morgan fingerprint density at radius 2 is 1.65 bits per heavy atom. The Labute approximate surface area is 159 Å². The van der Waals surface area contributed by atoms with E-state index in [1.54, 1.807) is 42.5 Å². The first-order valence-corrected chi connectivity index (χ1v) is 8.70. The largest absolute Gasteiger partial charge is 0.395 e. The SMILES string of the molecule is O=C(NCCO)C(=Cc1ccc(Br)cc1)NC(=O)c1ccc(CO)cc1. The average Bonchev–Trinajstić information content (AvgIpc) is 2.67. The van der Waals surface area contributed by atoms with Gasteiger partial charge in [0.25, 0.3) is 11.8 Å². The van der Waals surface area contributed by atoms with E-state index in [9.17, 15) is 9.59 Å². The second-order valence-corrected chi connectivity index (χ2v) is 6.31. The van der Waals surface area contributed by atoms with Crippen molar-refractivity contribution in [3.63, 3.8) is 0 Å². The fourth-order valence-electron chi connectivity index (χ4n) is 2.10. The molecule has 0 aliphatic heterocycles. The molecule has 0 saturated carbocycles. The summed E-state index contributed by atoms with van der Waals surface area (Å²) in [5.74, 6) is -0.945. The molecule has 0 spiro atoms. The Morgan fingerprint density at radius 1 is 1.00 bits per heavy atom. The van der Waals surface area contributed by atoms with Crippen molar-refractivity contribution >= 4 is 33.8 Å². The number of carbonyl (C=O) groups excluding carboxylic acids is 2. The van der Waals surface area contributed by atoms with Crippen molar-refractivity contribution in [3.8, 4) is 0 Å². The lowest BCUT2D eigenvalue weighted by Crippen LogP contribution is -2.36. The van der Waals surface area contributed by atoms with E-state index in [-0.39, 0.29) is 25.5 Å². The second-order valence-electron chi connectivity index (χ2n) is 5.40. The molecule has 0 radical (unpaired) electrons. The van der Waals surface area contributed by atoms with E-state index < -0.39 is 11.8 Å².